The predicted molar refractivity (Wildman–Crippen MR) is 76.7 cm³/mol. The third kappa shape index (κ3) is 2.54. The summed E-state index contributed by atoms with van der Waals surface area (Å²) < 4.78 is 0.929. The molecule has 0 saturated carbocycles. The Labute approximate surface area is 116 Å². The number of hydrogen-bond donors (Lipinski definition) is 3. The summed E-state index contributed by atoms with van der Waals surface area (Å²) in [6, 6.07) is 5.41. The molecule has 0 aliphatic rings. The van der Waals surface area contributed by atoms with Gasteiger partial charge in [0.05, 0.1) is 6.61 Å². The fourth-order valence-electron chi connectivity index (χ4n) is 1.62. The van der Waals surface area contributed by atoms with Crippen molar-refractivity contribution in [3.63, 3.8) is 0 Å². The maximum atomic E-state index is 12.1. The number of H-pyrrole nitrogens is 1. The molecule has 5 nitrogen and oxygen atoms in total. The van der Waals surface area contributed by atoms with Gasteiger partial charge in [0.1, 0.15) is 5.56 Å². The van der Waals surface area contributed by atoms with Gasteiger partial charge in [0, 0.05) is 27.2 Å². The normalized spacial score (nSPS) is 10.6. The molecular formula is C12H11IN2O3. The SMILES string of the molecule is O=C(NCCO)c1c[nH]c2ccc(I)cc2c1=O. The van der Waals surface area contributed by atoms with Crippen LogP contribution in [0.4, 0.5) is 0 Å². The van der Waals surface area contributed by atoms with Gasteiger partial charge < -0.3 is 15.4 Å². The van der Waals surface area contributed by atoms with E-state index < -0.39 is 5.91 Å². The van der Waals surface area contributed by atoms with Crippen LogP contribution in [-0.2, 0) is 0 Å². The highest BCUT2D eigenvalue weighted by Gasteiger charge is 2.12. The second-order valence-electron chi connectivity index (χ2n) is 3.70. The first-order chi connectivity index (χ1) is 8.63. The Bertz CT molecular complexity index is 651. The highest BCUT2D eigenvalue weighted by Crippen LogP contribution is 2.12. The first-order valence-corrected chi connectivity index (χ1v) is 6.41. The smallest absolute Gasteiger partial charge is 0.256 e. The standard InChI is InChI=1S/C12H11IN2O3/c13-7-1-2-10-8(5-7)11(17)9(6-15-10)12(18)14-3-4-16/h1-2,5-6,16H,3-4H2,(H,14,18)(H,15,17). The number of hydrogen-bond acceptors (Lipinski definition) is 3. The quantitative estimate of drug-likeness (QED) is 0.712. The summed E-state index contributed by atoms with van der Waals surface area (Å²) in [5.41, 5.74) is 0.440. The van der Waals surface area contributed by atoms with E-state index in [1.807, 2.05) is 6.07 Å². The predicted octanol–water partition coefficient (Wildman–Crippen LogP) is 0.855. The van der Waals surface area contributed by atoms with Gasteiger partial charge in [-0.25, -0.2) is 0 Å². The van der Waals surface area contributed by atoms with Gasteiger partial charge in [-0.05, 0) is 40.8 Å². The average Bonchev–Trinajstić information content (AvgIpc) is 2.37. The van der Waals surface area contributed by atoms with Crippen molar-refractivity contribution < 1.29 is 9.90 Å². The zero-order valence-electron chi connectivity index (χ0n) is 9.37. The lowest BCUT2D eigenvalue weighted by Crippen LogP contribution is -2.30. The van der Waals surface area contributed by atoms with E-state index in [9.17, 15) is 9.59 Å². The number of carbonyl (C=O) groups is 1. The fraction of sp³-hybridized carbons (Fsp3) is 0.167. The molecule has 2 rings (SSSR count). The number of benzene rings is 1. The average molecular weight is 358 g/mol. The molecule has 0 saturated heterocycles. The minimum atomic E-state index is -0.480. The molecule has 0 atom stereocenters. The molecule has 3 N–H and O–H groups in total. The molecule has 1 amide bonds. The van der Waals surface area contributed by atoms with Crippen molar-refractivity contribution in [3.8, 4) is 0 Å². The zero-order chi connectivity index (χ0) is 13.1. The second kappa shape index (κ2) is 5.49. The number of aliphatic hydroxyl groups excluding tert-OH is 1. The number of carbonyl (C=O) groups excluding carboxylic acids is 1. The molecular weight excluding hydrogens is 347 g/mol. The van der Waals surface area contributed by atoms with E-state index in [2.05, 4.69) is 32.9 Å². The molecule has 0 aliphatic heterocycles. The summed E-state index contributed by atoms with van der Waals surface area (Å²) >= 11 is 2.11. The Morgan fingerprint density at radius 1 is 1.44 bits per heavy atom. The summed E-state index contributed by atoms with van der Waals surface area (Å²) in [4.78, 5) is 26.8. The van der Waals surface area contributed by atoms with E-state index in [-0.39, 0.29) is 24.1 Å². The summed E-state index contributed by atoms with van der Waals surface area (Å²) in [6.45, 7) is -0.0300. The van der Waals surface area contributed by atoms with Crippen LogP contribution in [0.2, 0.25) is 0 Å². The lowest BCUT2D eigenvalue weighted by molar-refractivity contribution is 0.0943. The van der Waals surface area contributed by atoms with Crippen molar-refractivity contribution >= 4 is 39.4 Å². The summed E-state index contributed by atoms with van der Waals surface area (Å²) in [6.07, 6.45) is 1.39. The maximum absolute atomic E-state index is 12.1. The topological polar surface area (TPSA) is 82.2 Å². The van der Waals surface area contributed by atoms with Gasteiger partial charge in [-0.15, -0.1) is 0 Å². The third-order valence-electron chi connectivity index (χ3n) is 2.48. The molecule has 0 aliphatic carbocycles. The van der Waals surface area contributed by atoms with E-state index in [0.717, 1.165) is 3.57 Å². The molecule has 2 aromatic rings. The van der Waals surface area contributed by atoms with Gasteiger partial charge in [-0.2, -0.15) is 0 Å². The van der Waals surface area contributed by atoms with Crippen LogP contribution in [0, 0.1) is 3.57 Å². The molecule has 0 radical (unpaired) electrons. The number of pyridine rings is 1. The number of nitrogens with one attached hydrogen (secondary N) is 2. The maximum Gasteiger partial charge on any atom is 0.256 e. The Hall–Kier alpha value is -1.41. The van der Waals surface area contributed by atoms with Gasteiger partial charge in [-0.3, -0.25) is 9.59 Å². The van der Waals surface area contributed by atoms with Gasteiger partial charge >= 0.3 is 0 Å². The van der Waals surface area contributed by atoms with Gasteiger partial charge in [-0.1, -0.05) is 0 Å². The number of amides is 1. The van der Waals surface area contributed by atoms with Gasteiger partial charge in [0.2, 0.25) is 5.43 Å². The largest absolute Gasteiger partial charge is 0.395 e. The third-order valence-corrected chi connectivity index (χ3v) is 3.16. The summed E-state index contributed by atoms with van der Waals surface area (Å²) in [5.74, 6) is -0.480. The van der Waals surface area contributed by atoms with Crippen molar-refractivity contribution in [3.05, 3.63) is 43.8 Å². The first kappa shape index (κ1) is 13.0. The van der Waals surface area contributed by atoms with Crippen molar-refractivity contribution in [1.29, 1.82) is 0 Å². The first-order valence-electron chi connectivity index (χ1n) is 5.33. The minimum Gasteiger partial charge on any atom is -0.395 e. The Kier molecular flexibility index (Phi) is 3.97. The summed E-state index contributed by atoms with van der Waals surface area (Å²) in [7, 11) is 0. The Morgan fingerprint density at radius 2 is 2.22 bits per heavy atom. The molecule has 18 heavy (non-hydrogen) atoms. The second-order valence-corrected chi connectivity index (χ2v) is 4.95. The van der Waals surface area contributed by atoms with E-state index in [0.29, 0.717) is 10.9 Å². The van der Waals surface area contributed by atoms with E-state index in [4.69, 9.17) is 5.11 Å². The van der Waals surface area contributed by atoms with Crippen molar-refractivity contribution in [2.24, 2.45) is 0 Å². The number of rotatable bonds is 3. The number of aromatic amines is 1. The molecule has 0 unspecified atom stereocenters. The van der Waals surface area contributed by atoms with E-state index in [1.165, 1.54) is 6.20 Å². The molecule has 1 heterocycles. The molecule has 0 bridgehead atoms. The number of fused-ring (bicyclic) bond motifs is 1. The van der Waals surface area contributed by atoms with Gasteiger partial charge in [0.25, 0.3) is 5.91 Å². The van der Waals surface area contributed by atoms with Crippen LogP contribution in [-0.4, -0.2) is 29.1 Å². The van der Waals surface area contributed by atoms with E-state index in [1.54, 1.807) is 12.1 Å². The van der Waals surface area contributed by atoms with Crippen LogP contribution < -0.4 is 10.7 Å². The minimum absolute atomic E-state index is 0.0537. The van der Waals surface area contributed by atoms with Crippen molar-refractivity contribution in [1.82, 2.24) is 10.3 Å². The van der Waals surface area contributed by atoms with Crippen LogP contribution in [0.1, 0.15) is 10.4 Å². The van der Waals surface area contributed by atoms with Crippen LogP contribution in [0.25, 0.3) is 10.9 Å². The van der Waals surface area contributed by atoms with Crippen molar-refractivity contribution in [2.75, 3.05) is 13.2 Å². The van der Waals surface area contributed by atoms with Crippen LogP contribution in [0.5, 0.6) is 0 Å². The monoisotopic (exact) mass is 358 g/mol. The van der Waals surface area contributed by atoms with Crippen LogP contribution in [0.15, 0.2) is 29.2 Å². The summed E-state index contributed by atoms with van der Waals surface area (Å²) in [5, 5.41) is 11.6. The highest BCUT2D eigenvalue weighted by atomic mass is 127. The number of halogens is 1. The molecule has 1 aromatic carbocycles. The molecule has 1 aromatic heterocycles. The highest BCUT2D eigenvalue weighted by molar-refractivity contribution is 14.1. The fourth-order valence-corrected chi connectivity index (χ4v) is 2.12. The Balaban J connectivity index is 2.50. The van der Waals surface area contributed by atoms with Gasteiger partial charge in [0.15, 0.2) is 0 Å². The van der Waals surface area contributed by atoms with Crippen LogP contribution in [0.3, 0.4) is 0 Å². The number of aliphatic hydroxyl groups is 1. The molecule has 0 spiro atoms. The van der Waals surface area contributed by atoms with E-state index >= 15 is 0 Å². The molecule has 0 fully saturated rings. The molecule has 94 valence electrons. The lowest BCUT2D eigenvalue weighted by Gasteiger charge is -2.04. The molecule has 6 heteroatoms. The van der Waals surface area contributed by atoms with Crippen LogP contribution >= 0.6 is 22.6 Å². The zero-order valence-corrected chi connectivity index (χ0v) is 11.5. The number of aromatic nitrogens is 1. The van der Waals surface area contributed by atoms with Crippen molar-refractivity contribution in [2.45, 2.75) is 0 Å². The lowest BCUT2D eigenvalue weighted by atomic mass is 10.1. The Morgan fingerprint density at radius 3 is 2.94 bits per heavy atom.